The number of carbonyl (C=O) groups excluding carboxylic acids is 2. The highest BCUT2D eigenvalue weighted by Crippen LogP contribution is 2.15. The van der Waals surface area contributed by atoms with Crippen LogP contribution in [0.25, 0.3) is 0 Å². The molecule has 4 nitrogen and oxygen atoms in total. The Bertz CT molecular complexity index is 453. The molecule has 1 fully saturated rings. The fourth-order valence-corrected chi connectivity index (χ4v) is 2.93. The van der Waals surface area contributed by atoms with Gasteiger partial charge in [0, 0.05) is 9.26 Å². The smallest absolute Gasteiger partial charge is 0.244 e. The fourth-order valence-electron chi connectivity index (χ4n) is 1.48. The van der Waals surface area contributed by atoms with E-state index < -0.39 is 0 Å². The van der Waals surface area contributed by atoms with Crippen molar-refractivity contribution in [3.63, 3.8) is 0 Å². The van der Waals surface area contributed by atoms with E-state index in [0.29, 0.717) is 11.6 Å². The SMILES string of the molecule is O=C(CN1CSCC1=O)Nc1cccc(I)c1. The number of hydrogen-bond donors (Lipinski definition) is 1. The minimum absolute atomic E-state index is 0.0350. The predicted octanol–water partition coefficient (Wildman–Crippen LogP) is 1.76. The summed E-state index contributed by atoms with van der Waals surface area (Å²) in [6.07, 6.45) is 0. The van der Waals surface area contributed by atoms with Crippen molar-refractivity contribution >= 4 is 51.9 Å². The summed E-state index contributed by atoms with van der Waals surface area (Å²) in [7, 11) is 0. The van der Waals surface area contributed by atoms with Crippen molar-refractivity contribution < 1.29 is 9.59 Å². The number of amides is 2. The molecule has 1 N–H and O–H groups in total. The van der Waals surface area contributed by atoms with Gasteiger partial charge < -0.3 is 10.2 Å². The van der Waals surface area contributed by atoms with E-state index in [9.17, 15) is 9.59 Å². The lowest BCUT2D eigenvalue weighted by Gasteiger charge is -2.14. The van der Waals surface area contributed by atoms with Gasteiger partial charge in [-0.1, -0.05) is 6.07 Å². The maximum atomic E-state index is 11.7. The molecule has 1 heterocycles. The number of nitrogens with one attached hydrogen (secondary N) is 1. The lowest BCUT2D eigenvalue weighted by atomic mass is 10.3. The van der Waals surface area contributed by atoms with Crippen molar-refractivity contribution in [2.45, 2.75) is 0 Å². The topological polar surface area (TPSA) is 49.4 Å². The maximum Gasteiger partial charge on any atom is 0.244 e. The number of thioether (sulfide) groups is 1. The quantitative estimate of drug-likeness (QED) is 0.834. The third-order valence-electron chi connectivity index (χ3n) is 2.27. The molecule has 0 spiro atoms. The molecule has 1 aliphatic heterocycles. The molecule has 1 saturated heterocycles. The number of rotatable bonds is 3. The average molecular weight is 362 g/mol. The second-order valence-electron chi connectivity index (χ2n) is 3.63. The Morgan fingerprint density at radius 3 is 3.00 bits per heavy atom. The first-order chi connectivity index (χ1) is 8.15. The summed E-state index contributed by atoms with van der Waals surface area (Å²) < 4.78 is 1.06. The maximum absolute atomic E-state index is 11.7. The number of nitrogens with zero attached hydrogens (tertiary/aromatic N) is 1. The molecule has 90 valence electrons. The van der Waals surface area contributed by atoms with Gasteiger partial charge in [0.15, 0.2) is 0 Å². The van der Waals surface area contributed by atoms with Crippen LogP contribution in [-0.4, -0.2) is 34.9 Å². The predicted molar refractivity (Wildman–Crippen MR) is 76.8 cm³/mol. The Morgan fingerprint density at radius 2 is 2.35 bits per heavy atom. The summed E-state index contributed by atoms with van der Waals surface area (Å²) in [6.45, 7) is 0.136. The van der Waals surface area contributed by atoms with E-state index in [1.165, 1.54) is 11.8 Å². The van der Waals surface area contributed by atoms with E-state index in [1.54, 1.807) is 4.90 Å². The Kier molecular flexibility index (Phi) is 4.27. The highest BCUT2D eigenvalue weighted by Gasteiger charge is 2.22. The van der Waals surface area contributed by atoms with Crippen LogP contribution in [0.5, 0.6) is 0 Å². The second-order valence-corrected chi connectivity index (χ2v) is 5.83. The largest absolute Gasteiger partial charge is 0.325 e. The zero-order valence-electron chi connectivity index (χ0n) is 8.98. The van der Waals surface area contributed by atoms with Crippen molar-refractivity contribution in [1.29, 1.82) is 0 Å². The van der Waals surface area contributed by atoms with Crippen LogP contribution in [-0.2, 0) is 9.59 Å². The minimum atomic E-state index is -0.150. The van der Waals surface area contributed by atoms with Gasteiger partial charge in [0.1, 0.15) is 6.54 Å². The molecule has 2 amide bonds. The van der Waals surface area contributed by atoms with E-state index in [-0.39, 0.29) is 18.4 Å². The highest BCUT2D eigenvalue weighted by molar-refractivity contribution is 14.1. The van der Waals surface area contributed by atoms with E-state index in [4.69, 9.17) is 0 Å². The van der Waals surface area contributed by atoms with Crippen LogP contribution in [0.15, 0.2) is 24.3 Å². The molecule has 0 radical (unpaired) electrons. The molecule has 0 bridgehead atoms. The Balaban J connectivity index is 1.91. The van der Waals surface area contributed by atoms with Crippen LogP contribution in [0, 0.1) is 3.57 Å². The number of benzene rings is 1. The first-order valence-corrected chi connectivity index (χ1v) is 7.29. The Labute approximate surface area is 117 Å². The molecule has 17 heavy (non-hydrogen) atoms. The molecular weight excluding hydrogens is 351 g/mol. The van der Waals surface area contributed by atoms with E-state index in [1.807, 2.05) is 24.3 Å². The van der Waals surface area contributed by atoms with Crippen LogP contribution in [0.3, 0.4) is 0 Å². The minimum Gasteiger partial charge on any atom is -0.325 e. The molecular formula is C11H11IN2O2S. The van der Waals surface area contributed by atoms with Crippen LogP contribution in [0.1, 0.15) is 0 Å². The van der Waals surface area contributed by atoms with E-state index >= 15 is 0 Å². The van der Waals surface area contributed by atoms with Gasteiger partial charge in [-0.05, 0) is 40.8 Å². The monoisotopic (exact) mass is 362 g/mol. The lowest BCUT2D eigenvalue weighted by Crippen LogP contribution is -2.34. The van der Waals surface area contributed by atoms with Crippen molar-refractivity contribution in [1.82, 2.24) is 4.90 Å². The first kappa shape index (κ1) is 12.7. The van der Waals surface area contributed by atoms with Crippen molar-refractivity contribution in [3.05, 3.63) is 27.8 Å². The summed E-state index contributed by atoms with van der Waals surface area (Å²) >= 11 is 3.72. The lowest BCUT2D eigenvalue weighted by molar-refractivity contribution is -0.130. The standard InChI is InChI=1S/C11H11IN2O2S/c12-8-2-1-3-9(4-8)13-10(15)5-14-7-17-6-11(14)16/h1-4H,5-7H2,(H,13,15). The molecule has 2 rings (SSSR count). The second kappa shape index (κ2) is 5.72. The molecule has 0 aromatic heterocycles. The van der Waals surface area contributed by atoms with E-state index in [2.05, 4.69) is 27.9 Å². The van der Waals surface area contributed by atoms with Crippen molar-refractivity contribution in [3.8, 4) is 0 Å². The van der Waals surface area contributed by atoms with Crippen molar-refractivity contribution in [2.24, 2.45) is 0 Å². The molecule has 1 aromatic carbocycles. The highest BCUT2D eigenvalue weighted by atomic mass is 127. The van der Waals surface area contributed by atoms with Gasteiger partial charge in [0.2, 0.25) is 11.8 Å². The Morgan fingerprint density at radius 1 is 1.53 bits per heavy atom. The normalized spacial score (nSPS) is 15.1. The van der Waals surface area contributed by atoms with Crippen molar-refractivity contribution in [2.75, 3.05) is 23.5 Å². The van der Waals surface area contributed by atoms with Gasteiger partial charge in [-0.25, -0.2) is 0 Å². The van der Waals surface area contributed by atoms with Crippen LogP contribution in [0.2, 0.25) is 0 Å². The van der Waals surface area contributed by atoms with Crippen LogP contribution >= 0.6 is 34.4 Å². The van der Waals surface area contributed by atoms with Crippen LogP contribution in [0.4, 0.5) is 5.69 Å². The van der Waals surface area contributed by atoms with Gasteiger partial charge >= 0.3 is 0 Å². The van der Waals surface area contributed by atoms with Crippen LogP contribution < -0.4 is 5.32 Å². The summed E-state index contributed by atoms with van der Waals surface area (Å²) in [5, 5.41) is 2.78. The summed E-state index contributed by atoms with van der Waals surface area (Å²) in [4.78, 5) is 24.6. The summed E-state index contributed by atoms with van der Waals surface area (Å²) in [5.74, 6) is 0.977. The van der Waals surface area contributed by atoms with Gasteiger partial charge in [0.25, 0.3) is 0 Å². The molecule has 1 aromatic rings. The average Bonchev–Trinajstić information content (AvgIpc) is 2.64. The number of carbonyl (C=O) groups is 2. The Hall–Kier alpha value is -0.760. The number of anilines is 1. The number of hydrogen-bond acceptors (Lipinski definition) is 3. The molecule has 0 atom stereocenters. The molecule has 6 heteroatoms. The molecule has 0 saturated carbocycles. The fraction of sp³-hybridized carbons (Fsp3) is 0.273. The third kappa shape index (κ3) is 3.60. The van der Waals surface area contributed by atoms with E-state index in [0.717, 1.165) is 9.26 Å². The van der Waals surface area contributed by atoms with Gasteiger partial charge in [-0.3, -0.25) is 9.59 Å². The summed E-state index contributed by atoms with van der Waals surface area (Å²) in [5.41, 5.74) is 0.765. The molecule has 0 unspecified atom stereocenters. The molecule has 1 aliphatic rings. The molecule has 0 aliphatic carbocycles. The third-order valence-corrected chi connectivity index (χ3v) is 3.88. The van der Waals surface area contributed by atoms with Gasteiger partial charge in [0.05, 0.1) is 11.6 Å². The number of halogens is 1. The first-order valence-electron chi connectivity index (χ1n) is 5.06. The summed E-state index contributed by atoms with van der Waals surface area (Å²) in [6, 6.07) is 7.56. The van der Waals surface area contributed by atoms with Gasteiger partial charge in [-0.15, -0.1) is 11.8 Å². The zero-order chi connectivity index (χ0) is 12.3. The zero-order valence-corrected chi connectivity index (χ0v) is 12.0. The van der Waals surface area contributed by atoms with Gasteiger partial charge in [-0.2, -0.15) is 0 Å².